The van der Waals surface area contributed by atoms with Crippen LogP contribution in [0.25, 0.3) is 0 Å². The average Bonchev–Trinajstić information content (AvgIpc) is 2.34. The lowest BCUT2D eigenvalue weighted by Crippen LogP contribution is -2.40. The molecule has 0 aliphatic rings. The molecular weight excluding hydrogens is 318 g/mol. The number of carboxylic acids is 1. The smallest absolute Gasteiger partial charge is 0.318 e. The lowest BCUT2D eigenvalue weighted by atomic mass is 10.4. The van der Waals surface area contributed by atoms with Crippen LogP contribution >= 0.6 is 0 Å². The summed E-state index contributed by atoms with van der Waals surface area (Å²) in [7, 11) is -7.64. The summed E-state index contributed by atoms with van der Waals surface area (Å²) in [6.07, 6.45) is 0.968. The maximum atomic E-state index is 12.5. The number of rotatable bonds is 6. The fourth-order valence-corrected chi connectivity index (χ4v) is 4.05. The van der Waals surface area contributed by atoms with E-state index >= 15 is 0 Å². The predicted octanol–water partition coefficient (Wildman–Crippen LogP) is 0.574. The lowest BCUT2D eigenvalue weighted by molar-refractivity contribution is -0.137. The summed E-state index contributed by atoms with van der Waals surface area (Å²) in [6.45, 7) is 2.39. The maximum Gasteiger partial charge on any atom is 0.318 e. The van der Waals surface area contributed by atoms with Gasteiger partial charge in [-0.1, -0.05) is 6.07 Å². The van der Waals surface area contributed by atoms with Crippen molar-refractivity contribution in [1.29, 1.82) is 0 Å². The summed E-state index contributed by atoms with van der Waals surface area (Å²) in [4.78, 5) is 10.4. The second-order valence-electron chi connectivity index (χ2n) is 4.78. The zero-order valence-corrected chi connectivity index (χ0v) is 13.5. The normalized spacial score (nSPS) is 12.8. The Morgan fingerprint density at radius 2 is 1.71 bits per heavy atom. The van der Waals surface area contributed by atoms with Gasteiger partial charge in [0.15, 0.2) is 9.84 Å². The molecule has 0 spiro atoms. The number of hydrogen-bond donors (Lipinski definition) is 1. The average molecular weight is 335 g/mol. The highest BCUT2D eigenvalue weighted by Crippen LogP contribution is 2.21. The number of aliphatic carboxylic acids is 1. The molecule has 0 bridgehead atoms. The Hall–Kier alpha value is -1.45. The van der Waals surface area contributed by atoms with Crippen molar-refractivity contribution >= 4 is 25.8 Å². The van der Waals surface area contributed by atoms with Crippen LogP contribution in [0.3, 0.4) is 0 Å². The number of hydrogen-bond acceptors (Lipinski definition) is 5. The summed E-state index contributed by atoms with van der Waals surface area (Å²) in [5, 5.41) is 8.82. The van der Waals surface area contributed by atoms with Crippen molar-refractivity contribution in [3.63, 3.8) is 0 Å². The molecule has 0 aliphatic heterocycles. The van der Waals surface area contributed by atoms with Gasteiger partial charge in [0, 0.05) is 12.3 Å². The van der Waals surface area contributed by atoms with Crippen LogP contribution in [0.4, 0.5) is 0 Å². The van der Waals surface area contributed by atoms with Crippen LogP contribution in [-0.2, 0) is 24.7 Å². The van der Waals surface area contributed by atoms with Gasteiger partial charge in [0.25, 0.3) is 0 Å². The molecule has 7 nitrogen and oxygen atoms in total. The molecule has 0 aromatic heterocycles. The third-order valence-electron chi connectivity index (χ3n) is 2.71. The molecule has 9 heteroatoms. The van der Waals surface area contributed by atoms with E-state index in [4.69, 9.17) is 5.11 Å². The fourth-order valence-electron chi connectivity index (χ4n) is 1.68. The van der Waals surface area contributed by atoms with Crippen molar-refractivity contribution in [2.75, 3.05) is 12.8 Å². The first-order valence-electron chi connectivity index (χ1n) is 6.00. The van der Waals surface area contributed by atoms with Gasteiger partial charge in [-0.2, -0.15) is 4.31 Å². The molecule has 0 amide bonds. The maximum absolute atomic E-state index is 12.5. The molecule has 1 aromatic rings. The summed E-state index contributed by atoms with van der Waals surface area (Å²) < 4.78 is 48.7. The van der Waals surface area contributed by atoms with E-state index in [0.29, 0.717) is 0 Å². The van der Waals surface area contributed by atoms with Gasteiger partial charge >= 0.3 is 5.97 Å². The van der Waals surface area contributed by atoms with Gasteiger partial charge in [0.05, 0.1) is 9.79 Å². The Bertz CT molecular complexity index is 737. The van der Waals surface area contributed by atoms with E-state index in [0.717, 1.165) is 16.6 Å². The molecule has 0 unspecified atom stereocenters. The molecule has 0 atom stereocenters. The Kier molecular flexibility index (Phi) is 5.13. The Morgan fingerprint density at radius 1 is 1.19 bits per heavy atom. The highest BCUT2D eigenvalue weighted by Gasteiger charge is 2.29. The van der Waals surface area contributed by atoms with Crippen LogP contribution in [-0.4, -0.2) is 51.1 Å². The molecule has 0 fully saturated rings. The van der Waals surface area contributed by atoms with Gasteiger partial charge in [-0.3, -0.25) is 4.79 Å². The van der Waals surface area contributed by atoms with Crippen LogP contribution in [0.2, 0.25) is 0 Å². The summed E-state index contributed by atoms with van der Waals surface area (Å²) in [5.41, 5.74) is 0. The van der Waals surface area contributed by atoms with E-state index < -0.39 is 38.4 Å². The second-order valence-corrected chi connectivity index (χ2v) is 8.69. The summed E-state index contributed by atoms with van der Waals surface area (Å²) >= 11 is 0. The molecule has 0 saturated carbocycles. The van der Waals surface area contributed by atoms with Crippen molar-refractivity contribution in [1.82, 2.24) is 4.31 Å². The van der Waals surface area contributed by atoms with Crippen LogP contribution in [0.5, 0.6) is 0 Å². The molecule has 0 radical (unpaired) electrons. The van der Waals surface area contributed by atoms with Gasteiger partial charge in [0.2, 0.25) is 10.0 Å². The molecule has 0 aliphatic carbocycles. The van der Waals surface area contributed by atoms with E-state index in [-0.39, 0.29) is 9.79 Å². The molecule has 21 heavy (non-hydrogen) atoms. The number of carbonyl (C=O) groups is 1. The fraction of sp³-hybridized carbons (Fsp3) is 0.417. The van der Waals surface area contributed by atoms with Gasteiger partial charge in [-0.05, 0) is 32.0 Å². The minimum absolute atomic E-state index is 0.136. The van der Waals surface area contributed by atoms with E-state index in [1.807, 2.05) is 0 Å². The van der Waals surface area contributed by atoms with Gasteiger partial charge < -0.3 is 5.11 Å². The quantitative estimate of drug-likeness (QED) is 0.814. The summed E-state index contributed by atoms with van der Waals surface area (Å²) in [6, 6.07) is 4.28. The Morgan fingerprint density at radius 3 is 2.14 bits per heavy atom. The van der Waals surface area contributed by atoms with Gasteiger partial charge in [0.1, 0.15) is 6.54 Å². The van der Waals surface area contributed by atoms with Gasteiger partial charge in [-0.15, -0.1) is 0 Å². The van der Waals surface area contributed by atoms with Crippen molar-refractivity contribution in [2.24, 2.45) is 0 Å². The van der Waals surface area contributed by atoms with Crippen LogP contribution < -0.4 is 0 Å². The molecule has 118 valence electrons. The highest BCUT2D eigenvalue weighted by atomic mass is 32.2. The van der Waals surface area contributed by atoms with Crippen molar-refractivity contribution in [3.8, 4) is 0 Å². The van der Waals surface area contributed by atoms with Crippen molar-refractivity contribution in [2.45, 2.75) is 29.7 Å². The predicted molar refractivity (Wildman–Crippen MR) is 76.2 cm³/mol. The van der Waals surface area contributed by atoms with Gasteiger partial charge in [-0.25, -0.2) is 16.8 Å². The first kappa shape index (κ1) is 17.6. The zero-order valence-electron chi connectivity index (χ0n) is 11.8. The van der Waals surface area contributed by atoms with E-state index in [9.17, 15) is 21.6 Å². The first-order chi connectivity index (χ1) is 9.46. The van der Waals surface area contributed by atoms with Crippen molar-refractivity contribution in [3.05, 3.63) is 24.3 Å². The third kappa shape index (κ3) is 4.26. The summed E-state index contributed by atoms with van der Waals surface area (Å²) in [5.74, 6) is -1.29. The Labute approximate surface area is 124 Å². The van der Waals surface area contributed by atoms with E-state index in [2.05, 4.69) is 0 Å². The number of nitrogens with zero attached hydrogens (tertiary/aromatic N) is 1. The standard InChI is InChI=1S/C12H17NO6S2/c1-9(2)13(8-12(14)15)21(18,19)11-6-4-5-10(7-11)20(3,16)17/h4-7,9H,8H2,1-3H3,(H,14,15). The minimum atomic E-state index is -4.09. The monoisotopic (exact) mass is 335 g/mol. The molecule has 0 saturated heterocycles. The third-order valence-corrected chi connectivity index (χ3v) is 5.84. The minimum Gasteiger partial charge on any atom is -0.480 e. The van der Waals surface area contributed by atoms with Crippen LogP contribution in [0, 0.1) is 0 Å². The highest BCUT2D eigenvalue weighted by molar-refractivity contribution is 7.91. The van der Waals surface area contributed by atoms with Crippen LogP contribution in [0.15, 0.2) is 34.1 Å². The SMILES string of the molecule is CC(C)N(CC(=O)O)S(=O)(=O)c1cccc(S(C)(=O)=O)c1. The molecule has 1 N–H and O–H groups in total. The molecule has 1 rings (SSSR count). The first-order valence-corrected chi connectivity index (χ1v) is 9.33. The van der Waals surface area contributed by atoms with E-state index in [1.165, 1.54) is 18.2 Å². The second kappa shape index (κ2) is 6.12. The lowest BCUT2D eigenvalue weighted by Gasteiger charge is -2.24. The number of benzene rings is 1. The molecular formula is C12H17NO6S2. The van der Waals surface area contributed by atoms with Crippen LogP contribution in [0.1, 0.15) is 13.8 Å². The number of carboxylic acid groups (broad SMARTS) is 1. The van der Waals surface area contributed by atoms with Crippen molar-refractivity contribution < 1.29 is 26.7 Å². The topological polar surface area (TPSA) is 109 Å². The van der Waals surface area contributed by atoms with E-state index in [1.54, 1.807) is 13.8 Å². The molecule has 1 aromatic carbocycles. The molecule has 0 heterocycles. The number of sulfone groups is 1. The number of sulfonamides is 1. The largest absolute Gasteiger partial charge is 0.480 e. The zero-order chi connectivity index (χ0) is 16.4. The Balaban J connectivity index is 3.39.